The van der Waals surface area contributed by atoms with Crippen LogP contribution in [0.25, 0.3) is 11.4 Å². The van der Waals surface area contributed by atoms with E-state index in [9.17, 15) is 4.79 Å². The fraction of sp³-hybridized carbons (Fsp3) is 0.375. The van der Waals surface area contributed by atoms with Crippen molar-refractivity contribution in [2.75, 3.05) is 12.4 Å². The summed E-state index contributed by atoms with van der Waals surface area (Å²) >= 11 is 5.38. The number of rotatable bonds is 8. The fourth-order valence-corrected chi connectivity index (χ4v) is 4.14. The van der Waals surface area contributed by atoms with Gasteiger partial charge in [0.1, 0.15) is 0 Å². The largest absolute Gasteiger partial charge is 0.493 e. The molecular weight excluding hydrogens is 424 g/mol. The van der Waals surface area contributed by atoms with Crippen LogP contribution >= 0.6 is 12.2 Å². The van der Waals surface area contributed by atoms with E-state index in [0.29, 0.717) is 28.5 Å². The number of benzene rings is 2. The summed E-state index contributed by atoms with van der Waals surface area (Å²) in [7, 11) is 1.62. The molecule has 8 heteroatoms. The zero-order valence-electron chi connectivity index (χ0n) is 18.4. The molecule has 7 nitrogen and oxygen atoms in total. The van der Waals surface area contributed by atoms with Crippen molar-refractivity contribution < 1.29 is 14.3 Å². The second-order valence-electron chi connectivity index (χ2n) is 8.06. The standard InChI is InChI=1S/C24H28N4O3S/c1-16-7-9-17(10-8-16)23-26-27-24(32)28(23)14-13-22(29)25-18-11-12-20(30-2)21(15-18)31-19-5-3-4-6-19/h7-12,15,19H,3-6,13-14H2,1-2H3,(H,25,29)(H,27,32). The highest BCUT2D eigenvalue weighted by molar-refractivity contribution is 7.71. The molecule has 4 rings (SSSR count). The molecule has 0 saturated heterocycles. The van der Waals surface area contributed by atoms with Crippen molar-refractivity contribution in [3.8, 4) is 22.9 Å². The van der Waals surface area contributed by atoms with Crippen LogP contribution in [0, 0.1) is 11.7 Å². The lowest BCUT2D eigenvalue weighted by atomic mass is 10.1. The van der Waals surface area contributed by atoms with Crippen molar-refractivity contribution in [2.24, 2.45) is 0 Å². The molecule has 168 valence electrons. The average molecular weight is 453 g/mol. The maximum Gasteiger partial charge on any atom is 0.226 e. The van der Waals surface area contributed by atoms with Crippen LogP contribution in [0.2, 0.25) is 0 Å². The maximum absolute atomic E-state index is 12.7. The van der Waals surface area contributed by atoms with Crippen molar-refractivity contribution in [3.63, 3.8) is 0 Å². The monoisotopic (exact) mass is 452 g/mol. The van der Waals surface area contributed by atoms with Crippen LogP contribution in [-0.4, -0.2) is 33.9 Å². The number of carbonyl (C=O) groups is 1. The zero-order chi connectivity index (χ0) is 22.5. The second kappa shape index (κ2) is 9.99. The van der Waals surface area contributed by atoms with Crippen LogP contribution in [0.3, 0.4) is 0 Å². The first-order valence-corrected chi connectivity index (χ1v) is 11.3. The average Bonchev–Trinajstić information content (AvgIpc) is 3.43. The first kappa shape index (κ1) is 22.1. The van der Waals surface area contributed by atoms with Gasteiger partial charge in [0, 0.05) is 30.3 Å². The number of aryl methyl sites for hydroxylation is 1. The fourth-order valence-electron chi connectivity index (χ4n) is 3.92. The number of amides is 1. The molecule has 1 fully saturated rings. The molecule has 0 bridgehead atoms. The minimum atomic E-state index is -0.111. The van der Waals surface area contributed by atoms with Crippen LogP contribution in [0.4, 0.5) is 5.69 Å². The molecule has 1 aliphatic rings. The first-order chi connectivity index (χ1) is 15.5. The summed E-state index contributed by atoms with van der Waals surface area (Å²) in [6, 6.07) is 13.5. The number of anilines is 1. The van der Waals surface area contributed by atoms with E-state index in [1.165, 1.54) is 18.4 Å². The number of H-pyrrole nitrogens is 1. The summed E-state index contributed by atoms with van der Waals surface area (Å²) in [4.78, 5) is 12.7. The van der Waals surface area contributed by atoms with Gasteiger partial charge in [-0.2, -0.15) is 5.10 Å². The van der Waals surface area contributed by atoms with Gasteiger partial charge in [-0.25, -0.2) is 0 Å². The number of carbonyl (C=O) groups excluding carboxylic acids is 1. The molecule has 0 spiro atoms. The third-order valence-corrected chi connectivity index (χ3v) is 5.99. The summed E-state index contributed by atoms with van der Waals surface area (Å²) in [5.41, 5.74) is 2.80. The summed E-state index contributed by atoms with van der Waals surface area (Å²) in [5, 5.41) is 10.1. The van der Waals surface area contributed by atoms with Crippen LogP contribution in [0.5, 0.6) is 11.5 Å². The molecule has 32 heavy (non-hydrogen) atoms. The molecule has 2 aromatic carbocycles. The molecule has 1 aromatic heterocycles. The van der Waals surface area contributed by atoms with Crippen LogP contribution in [0.1, 0.15) is 37.7 Å². The summed E-state index contributed by atoms with van der Waals surface area (Å²) in [5.74, 6) is 1.94. The highest BCUT2D eigenvalue weighted by atomic mass is 32.1. The van der Waals surface area contributed by atoms with Crippen LogP contribution in [-0.2, 0) is 11.3 Å². The normalized spacial score (nSPS) is 13.8. The summed E-state index contributed by atoms with van der Waals surface area (Å²) in [6.45, 7) is 2.46. The Morgan fingerprint density at radius 3 is 2.66 bits per heavy atom. The van der Waals surface area contributed by atoms with E-state index < -0.39 is 0 Å². The van der Waals surface area contributed by atoms with Gasteiger partial charge < -0.3 is 14.8 Å². The van der Waals surface area contributed by atoms with E-state index >= 15 is 0 Å². The zero-order valence-corrected chi connectivity index (χ0v) is 19.2. The molecule has 1 heterocycles. The number of aromatic amines is 1. The smallest absolute Gasteiger partial charge is 0.226 e. The summed E-state index contributed by atoms with van der Waals surface area (Å²) in [6.07, 6.45) is 4.94. The SMILES string of the molecule is COc1ccc(NC(=O)CCn2c(-c3ccc(C)cc3)n[nH]c2=S)cc1OC1CCCC1. The van der Waals surface area contributed by atoms with Crippen molar-refractivity contribution >= 4 is 23.8 Å². The van der Waals surface area contributed by atoms with E-state index in [1.54, 1.807) is 7.11 Å². The number of nitrogens with zero attached hydrogens (tertiary/aromatic N) is 2. The Morgan fingerprint density at radius 1 is 1.19 bits per heavy atom. The van der Waals surface area contributed by atoms with Crippen molar-refractivity contribution in [2.45, 2.75) is 51.7 Å². The van der Waals surface area contributed by atoms with E-state index in [4.69, 9.17) is 21.7 Å². The van der Waals surface area contributed by atoms with Crippen molar-refractivity contribution in [1.82, 2.24) is 14.8 Å². The molecule has 0 aliphatic heterocycles. The lowest BCUT2D eigenvalue weighted by Crippen LogP contribution is -2.16. The predicted octanol–water partition coefficient (Wildman–Crippen LogP) is 5.27. The topological polar surface area (TPSA) is 81.2 Å². The van der Waals surface area contributed by atoms with Crippen LogP contribution < -0.4 is 14.8 Å². The molecule has 2 N–H and O–H groups in total. The molecule has 1 amide bonds. The van der Waals surface area contributed by atoms with Gasteiger partial charge in [-0.3, -0.25) is 14.5 Å². The van der Waals surface area contributed by atoms with Gasteiger partial charge in [0.25, 0.3) is 0 Å². The maximum atomic E-state index is 12.7. The molecule has 1 saturated carbocycles. The molecule has 0 unspecified atom stereocenters. The van der Waals surface area contributed by atoms with E-state index in [0.717, 1.165) is 24.2 Å². The third kappa shape index (κ3) is 5.19. The summed E-state index contributed by atoms with van der Waals surface area (Å²) < 4.78 is 13.9. The Morgan fingerprint density at radius 2 is 1.94 bits per heavy atom. The number of ether oxygens (including phenoxy) is 2. The Labute approximate surface area is 192 Å². The highest BCUT2D eigenvalue weighted by Crippen LogP contribution is 2.34. The Balaban J connectivity index is 1.42. The second-order valence-corrected chi connectivity index (χ2v) is 8.44. The predicted molar refractivity (Wildman–Crippen MR) is 127 cm³/mol. The number of nitrogens with one attached hydrogen (secondary N) is 2. The van der Waals surface area contributed by atoms with Gasteiger partial charge in [-0.05, 0) is 57.0 Å². The Hall–Kier alpha value is -3.13. The number of hydrogen-bond acceptors (Lipinski definition) is 5. The lowest BCUT2D eigenvalue weighted by Gasteiger charge is -2.17. The number of aromatic nitrogens is 3. The molecule has 0 radical (unpaired) electrons. The van der Waals surface area contributed by atoms with Crippen LogP contribution in [0.15, 0.2) is 42.5 Å². The van der Waals surface area contributed by atoms with Crippen molar-refractivity contribution in [1.29, 1.82) is 0 Å². The quantitative estimate of drug-likeness (QED) is 0.455. The van der Waals surface area contributed by atoms with E-state index in [2.05, 4.69) is 15.5 Å². The van der Waals surface area contributed by atoms with Crippen molar-refractivity contribution in [3.05, 3.63) is 52.8 Å². The van der Waals surface area contributed by atoms with Gasteiger partial charge in [0.15, 0.2) is 22.1 Å². The minimum Gasteiger partial charge on any atom is -0.493 e. The van der Waals surface area contributed by atoms with Gasteiger partial charge in [-0.15, -0.1) is 0 Å². The lowest BCUT2D eigenvalue weighted by molar-refractivity contribution is -0.116. The number of hydrogen-bond donors (Lipinski definition) is 2. The van der Waals surface area contributed by atoms with E-state index in [-0.39, 0.29) is 18.4 Å². The van der Waals surface area contributed by atoms with E-state index in [1.807, 2.05) is 54.0 Å². The molecular formula is C24H28N4O3S. The minimum absolute atomic E-state index is 0.111. The molecule has 0 atom stereocenters. The Kier molecular flexibility index (Phi) is 6.90. The molecule has 3 aromatic rings. The highest BCUT2D eigenvalue weighted by Gasteiger charge is 2.19. The van der Waals surface area contributed by atoms with Gasteiger partial charge in [0.05, 0.1) is 13.2 Å². The Bertz CT molecular complexity index is 1130. The van der Waals surface area contributed by atoms with Gasteiger partial charge in [0.2, 0.25) is 5.91 Å². The molecule has 1 aliphatic carbocycles. The third-order valence-electron chi connectivity index (χ3n) is 5.67. The first-order valence-electron chi connectivity index (χ1n) is 10.9. The van der Waals surface area contributed by atoms with Gasteiger partial charge >= 0.3 is 0 Å². The van der Waals surface area contributed by atoms with Gasteiger partial charge in [-0.1, -0.05) is 29.8 Å². The number of methoxy groups -OCH3 is 1.